The number of carboxylic acid groups (broad SMARTS) is 1. The first kappa shape index (κ1) is 22.4. The first-order valence-electron chi connectivity index (χ1n) is 10.7. The van der Waals surface area contributed by atoms with Crippen molar-refractivity contribution in [2.75, 3.05) is 34.0 Å². The Kier molecular flexibility index (Phi) is 6.01. The molecule has 0 spiro atoms. The van der Waals surface area contributed by atoms with E-state index in [9.17, 15) is 14.7 Å². The molecule has 1 fully saturated rings. The van der Waals surface area contributed by atoms with Crippen molar-refractivity contribution in [2.45, 2.75) is 38.8 Å². The van der Waals surface area contributed by atoms with Gasteiger partial charge in [0.25, 0.3) is 0 Å². The molecular formula is C24H29NO7. The van der Waals surface area contributed by atoms with Crippen LogP contribution < -0.4 is 14.9 Å². The summed E-state index contributed by atoms with van der Waals surface area (Å²) in [7, 11) is 3.22. The lowest BCUT2D eigenvalue weighted by Crippen LogP contribution is -2.42. The fraction of sp³-hybridized carbons (Fsp3) is 0.500. The maximum atomic E-state index is 12.6. The van der Waals surface area contributed by atoms with Crippen molar-refractivity contribution in [3.05, 3.63) is 45.7 Å². The van der Waals surface area contributed by atoms with Gasteiger partial charge in [0.2, 0.25) is 0 Å². The predicted molar refractivity (Wildman–Crippen MR) is 118 cm³/mol. The van der Waals surface area contributed by atoms with Crippen LogP contribution in [-0.2, 0) is 9.47 Å². The number of aromatic nitrogens is 1. The van der Waals surface area contributed by atoms with Crippen LogP contribution in [0.2, 0.25) is 0 Å². The summed E-state index contributed by atoms with van der Waals surface area (Å²) in [6, 6.07) is 5.00. The number of ether oxygens (including phenoxy) is 4. The highest BCUT2D eigenvalue weighted by Crippen LogP contribution is 2.55. The monoisotopic (exact) mass is 443 g/mol. The summed E-state index contributed by atoms with van der Waals surface area (Å²) < 4.78 is 24.8. The molecule has 0 amide bonds. The van der Waals surface area contributed by atoms with E-state index in [0.717, 1.165) is 24.0 Å². The van der Waals surface area contributed by atoms with Crippen molar-refractivity contribution in [3.63, 3.8) is 0 Å². The Labute approximate surface area is 186 Å². The van der Waals surface area contributed by atoms with E-state index >= 15 is 0 Å². The van der Waals surface area contributed by atoms with Gasteiger partial charge in [-0.15, -0.1) is 0 Å². The van der Waals surface area contributed by atoms with E-state index < -0.39 is 11.4 Å². The zero-order valence-electron chi connectivity index (χ0n) is 18.8. The molecule has 1 aromatic heterocycles. The molecule has 2 aliphatic heterocycles. The number of carbonyl (C=O) groups is 1. The molecule has 0 bridgehead atoms. The zero-order valence-corrected chi connectivity index (χ0v) is 18.8. The highest BCUT2D eigenvalue weighted by molar-refractivity contribution is 5.88. The van der Waals surface area contributed by atoms with Gasteiger partial charge in [0.15, 0.2) is 16.9 Å². The molecule has 32 heavy (non-hydrogen) atoms. The summed E-state index contributed by atoms with van der Waals surface area (Å²) in [4.78, 5) is 24.3. The van der Waals surface area contributed by atoms with E-state index in [1.54, 1.807) is 14.2 Å². The van der Waals surface area contributed by atoms with Crippen molar-refractivity contribution in [1.29, 1.82) is 0 Å². The second-order valence-electron chi connectivity index (χ2n) is 8.91. The fourth-order valence-electron chi connectivity index (χ4n) is 4.73. The van der Waals surface area contributed by atoms with Gasteiger partial charge in [-0.2, -0.15) is 0 Å². The maximum absolute atomic E-state index is 12.6. The lowest BCUT2D eigenvalue weighted by molar-refractivity contribution is -0.0857. The molecule has 0 saturated carbocycles. The molecule has 3 heterocycles. The summed E-state index contributed by atoms with van der Waals surface area (Å²) in [5.41, 5.74) is 1.38. The number of hydrogen-bond donors (Lipinski definition) is 1. The van der Waals surface area contributed by atoms with Crippen molar-refractivity contribution in [3.8, 4) is 22.8 Å². The predicted octanol–water partition coefficient (Wildman–Crippen LogP) is 3.68. The first-order chi connectivity index (χ1) is 15.3. The van der Waals surface area contributed by atoms with Gasteiger partial charge in [-0.1, -0.05) is 13.8 Å². The van der Waals surface area contributed by atoms with Crippen LogP contribution in [0.15, 0.2) is 29.2 Å². The first-order valence-corrected chi connectivity index (χ1v) is 10.7. The minimum absolute atomic E-state index is 0.174. The number of benzene rings is 1. The van der Waals surface area contributed by atoms with Crippen LogP contribution in [0.25, 0.3) is 11.3 Å². The number of fused-ring (bicyclic) bond motifs is 6. The Morgan fingerprint density at radius 3 is 2.69 bits per heavy atom. The Balaban J connectivity index is 1.90. The van der Waals surface area contributed by atoms with Gasteiger partial charge in [0.1, 0.15) is 11.7 Å². The molecule has 1 saturated heterocycles. The summed E-state index contributed by atoms with van der Waals surface area (Å²) in [6.45, 7) is 5.95. The lowest BCUT2D eigenvalue weighted by atomic mass is 9.72. The minimum Gasteiger partial charge on any atom is -0.493 e. The van der Waals surface area contributed by atoms with Crippen LogP contribution in [0.5, 0.6) is 11.5 Å². The third-order valence-corrected chi connectivity index (χ3v) is 6.41. The molecule has 0 radical (unpaired) electrons. The van der Waals surface area contributed by atoms with E-state index in [0.29, 0.717) is 37.0 Å². The highest BCUT2D eigenvalue weighted by Gasteiger charge is 2.46. The summed E-state index contributed by atoms with van der Waals surface area (Å²) in [6.07, 6.45) is 2.70. The number of hydrogen-bond acceptors (Lipinski definition) is 6. The van der Waals surface area contributed by atoms with Crippen LogP contribution >= 0.6 is 0 Å². The average Bonchev–Trinajstić information content (AvgIpc) is 2.75. The Bertz CT molecular complexity index is 1090. The van der Waals surface area contributed by atoms with Gasteiger partial charge in [0.05, 0.1) is 25.5 Å². The maximum Gasteiger partial charge on any atom is 0.341 e. The van der Waals surface area contributed by atoms with Crippen LogP contribution in [0.4, 0.5) is 0 Å². The van der Waals surface area contributed by atoms with Crippen molar-refractivity contribution in [1.82, 2.24) is 4.57 Å². The fourth-order valence-corrected chi connectivity index (χ4v) is 4.73. The van der Waals surface area contributed by atoms with Crippen LogP contribution in [0.3, 0.4) is 0 Å². The van der Waals surface area contributed by atoms with E-state index in [2.05, 4.69) is 13.8 Å². The van der Waals surface area contributed by atoms with Crippen molar-refractivity contribution in [2.24, 2.45) is 5.41 Å². The molecule has 2 aliphatic rings. The normalized spacial score (nSPS) is 20.6. The Morgan fingerprint density at radius 1 is 1.22 bits per heavy atom. The van der Waals surface area contributed by atoms with Gasteiger partial charge >= 0.3 is 5.97 Å². The number of rotatable bonds is 7. The van der Waals surface area contributed by atoms with Crippen molar-refractivity contribution < 1.29 is 28.8 Å². The van der Waals surface area contributed by atoms with Crippen molar-refractivity contribution >= 4 is 5.97 Å². The SMILES string of the molecule is COCCCOc1cc2c(cc1OC)-c1cc(=O)c(C(=O)O)cn1[C@H]1C2OCCC1(C)C. The molecule has 4 rings (SSSR count). The molecule has 172 valence electrons. The van der Waals surface area contributed by atoms with E-state index in [1.807, 2.05) is 16.7 Å². The topological polar surface area (TPSA) is 96.2 Å². The summed E-state index contributed by atoms with van der Waals surface area (Å²) in [5, 5.41) is 9.54. The molecule has 1 N–H and O–H groups in total. The smallest absolute Gasteiger partial charge is 0.341 e. The molecule has 8 heteroatoms. The zero-order chi connectivity index (χ0) is 23.0. The minimum atomic E-state index is -1.24. The van der Waals surface area contributed by atoms with Gasteiger partial charge in [-0.25, -0.2) is 4.79 Å². The Morgan fingerprint density at radius 2 is 2.00 bits per heavy atom. The molecule has 1 unspecified atom stereocenters. The number of carboxylic acids is 1. The third kappa shape index (κ3) is 3.78. The van der Waals surface area contributed by atoms with Crippen LogP contribution in [-0.4, -0.2) is 49.7 Å². The second-order valence-corrected chi connectivity index (χ2v) is 8.91. The summed E-state index contributed by atoms with van der Waals surface area (Å²) in [5.74, 6) is -0.0957. The van der Waals surface area contributed by atoms with Crippen LogP contribution in [0.1, 0.15) is 54.8 Å². The average molecular weight is 443 g/mol. The number of nitrogens with zero attached hydrogens (tertiary/aromatic N) is 1. The Hall–Kier alpha value is -2.84. The largest absolute Gasteiger partial charge is 0.493 e. The molecule has 8 nitrogen and oxygen atoms in total. The molecule has 2 atom stereocenters. The van der Waals surface area contributed by atoms with Gasteiger partial charge in [0, 0.05) is 44.6 Å². The van der Waals surface area contributed by atoms with E-state index in [-0.39, 0.29) is 23.1 Å². The van der Waals surface area contributed by atoms with E-state index in [1.165, 1.54) is 12.3 Å². The highest BCUT2D eigenvalue weighted by atomic mass is 16.5. The molecular weight excluding hydrogens is 414 g/mol. The number of methoxy groups -OCH3 is 2. The number of aromatic carboxylic acids is 1. The number of pyridine rings is 1. The lowest BCUT2D eigenvalue weighted by Gasteiger charge is -2.49. The van der Waals surface area contributed by atoms with Gasteiger partial charge in [-0.05, 0) is 29.5 Å². The molecule has 2 aromatic rings. The second kappa shape index (κ2) is 8.60. The summed E-state index contributed by atoms with van der Waals surface area (Å²) >= 11 is 0. The van der Waals surface area contributed by atoms with Gasteiger partial charge < -0.3 is 28.6 Å². The molecule has 1 aromatic carbocycles. The van der Waals surface area contributed by atoms with Crippen LogP contribution in [0, 0.1) is 5.41 Å². The molecule has 0 aliphatic carbocycles. The third-order valence-electron chi connectivity index (χ3n) is 6.41. The standard InChI is InChI=1S/C24H29NO7/c1-24(2)6-9-32-21-15-11-20(31-8-5-7-29-3)19(30-4)10-14(15)17-12-18(26)16(23(27)28)13-25(17)22(21)24/h10-13,21-22H,5-9H2,1-4H3,(H,27,28)/t21?,22-/m0/s1. The quantitative estimate of drug-likeness (QED) is 0.652. The van der Waals surface area contributed by atoms with E-state index in [4.69, 9.17) is 18.9 Å². The van der Waals surface area contributed by atoms with Gasteiger partial charge in [-0.3, -0.25) is 4.79 Å².